The highest BCUT2D eigenvalue weighted by atomic mass is 16.3. The van der Waals surface area contributed by atoms with Crippen molar-refractivity contribution in [3.8, 4) is 5.75 Å². The summed E-state index contributed by atoms with van der Waals surface area (Å²) in [6, 6.07) is 14.9. The Balaban J connectivity index is 1.50. The smallest absolute Gasteiger partial charge is 0.293 e. The SMILES string of the molecule is Cc1cc2cc(C(=O)Nc3ccnc(C(=O)Nc4cccc(O)c4)n3)ccc2[nH]1. The first kappa shape index (κ1) is 18.2. The molecule has 8 nitrogen and oxygen atoms in total. The van der Waals surface area contributed by atoms with E-state index in [1.807, 2.05) is 19.1 Å². The summed E-state index contributed by atoms with van der Waals surface area (Å²) in [5.41, 5.74) is 2.84. The van der Waals surface area contributed by atoms with Gasteiger partial charge in [0.2, 0.25) is 5.82 Å². The summed E-state index contributed by atoms with van der Waals surface area (Å²) in [5, 5.41) is 15.7. The predicted molar refractivity (Wildman–Crippen MR) is 109 cm³/mol. The van der Waals surface area contributed by atoms with Gasteiger partial charge in [-0.25, -0.2) is 9.97 Å². The van der Waals surface area contributed by atoms with Crippen LogP contribution in [0.5, 0.6) is 5.75 Å². The van der Waals surface area contributed by atoms with Gasteiger partial charge in [-0.2, -0.15) is 0 Å². The van der Waals surface area contributed by atoms with E-state index in [9.17, 15) is 14.7 Å². The van der Waals surface area contributed by atoms with Crippen LogP contribution >= 0.6 is 0 Å². The first-order valence-electron chi connectivity index (χ1n) is 8.82. The normalized spacial score (nSPS) is 10.7. The lowest BCUT2D eigenvalue weighted by atomic mass is 10.1. The number of carbonyl (C=O) groups excluding carboxylic acids is 2. The lowest BCUT2D eigenvalue weighted by Gasteiger charge is -2.07. The van der Waals surface area contributed by atoms with Gasteiger partial charge in [0.1, 0.15) is 11.6 Å². The number of hydrogen-bond donors (Lipinski definition) is 4. The molecular formula is C21H17N5O3. The molecule has 8 heteroatoms. The molecule has 0 saturated heterocycles. The molecule has 0 radical (unpaired) electrons. The minimum absolute atomic E-state index is 0.0271. The highest BCUT2D eigenvalue weighted by Gasteiger charge is 2.13. The molecule has 4 N–H and O–H groups in total. The van der Waals surface area contributed by atoms with Crippen molar-refractivity contribution in [1.29, 1.82) is 0 Å². The number of phenols is 1. The van der Waals surface area contributed by atoms with Crippen LogP contribution in [0.4, 0.5) is 11.5 Å². The predicted octanol–water partition coefficient (Wildman–Crippen LogP) is 3.48. The van der Waals surface area contributed by atoms with Crippen molar-refractivity contribution in [3.05, 3.63) is 77.9 Å². The molecule has 2 aromatic heterocycles. The zero-order valence-electron chi connectivity index (χ0n) is 15.4. The van der Waals surface area contributed by atoms with E-state index in [1.54, 1.807) is 24.3 Å². The maximum Gasteiger partial charge on any atom is 0.293 e. The Bertz CT molecular complexity index is 1230. The number of benzene rings is 2. The second-order valence-corrected chi connectivity index (χ2v) is 6.48. The first-order valence-corrected chi connectivity index (χ1v) is 8.82. The van der Waals surface area contributed by atoms with Crippen molar-refractivity contribution in [3.63, 3.8) is 0 Å². The Hall–Kier alpha value is -4.20. The van der Waals surface area contributed by atoms with Crippen molar-refractivity contribution >= 4 is 34.2 Å². The molecule has 0 aliphatic rings. The number of nitrogens with one attached hydrogen (secondary N) is 3. The minimum Gasteiger partial charge on any atom is -0.508 e. The number of H-pyrrole nitrogens is 1. The summed E-state index contributed by atoms with van der Waals surface area (Å²) < 4.78 is 0. The number of anilines is 2. The van der Waals surface area contributed by atoms with E-state index < -0.39 is 5.91 Å². The Morgan fingerprint density at radius 3 is 2.69 bits per heavy atom. The molecule has 29 heavy (non-hydrogen) atoms. The van der Waals surface area contributed by atoms with E-state index in [0.29, 0.717) is 11.3 Å². The molecule has 2 aromatic carbocycles. The molecule has 0 atom stereocenters. The number of hydrogen-bond acceptors (Lipinski definition) is 5. The van der Waals surface area contributed by atoms with Crippen molar-refractivity contribution in [2.24, 2.45) is 0 Å². The average molecular weight is 387 g/mol. The van der Waals surface area contributed by atoms with E-state index in [-0.39, 0.29) is 23.3 Å². The van der Waals surface area contributed by atoms with Crippen LogP contribution in [0.1, 0.15) is 26.7 Å². The van der Waals surface area contributed by atoms with Gasteiger partial charge in [0.15, 0.2) is 0 Å². The molecule has 0 fully saturated rings. The monoisotopic (exact) mass is 387 g/mol. The highest BCUT2D eigenvalue weighted by molar-refractivity contribution is 6.06. The van der Waals surface area contributed by atoms with Gasteiger partial charge in [-0.1, -0.05) is 6.07 Å². The number of phenolic OH excluding ortho intramolecular Hbond substituents is 1. The van der Waals surface area contributed by atoms with Crippen LogP contribution in [0, 0.1) is 6.92 Å². The number of aromatic hydroxyl groups is 1. The molecule has 0 spiro atoms. The summed E-state index contributed by atoms with van der Waals surface area (Å²) in [7, 11) is 0. The number of nitrogens with zero attached hydrogens (tertiary/aromatic N) is 2. The molecule has 0 bridgehead atoms. The Morgan fingerprint density at radius 2 is 1.86 bits per heavy atom. The van der Waals surface area contributed by atoms with Crippen molar-refractivity contribution < 1.29 is 14.7 Å². The molecule has 0 aliphatic heterocycles. The van der Waals surface area contributed by atoms with E-state index in [2.05, 4.69) is 25.6 Å². The van der Waals surface area contributed by atoms with Gasteiger partial charge in [-0.15, -0.1) is 0 Å². The van der Waals surface area contributed by atoms with Crippen LogP contribution in [0.3, 0.4) is 0 Å². The second-order valence-electron chi connectivity index (χ2n) is 6.48. The van der Waals surface area contributed by atoms with Crippen molar-refractivity contribution in [1.82, 2.24) is 15.0 Å². The maximum absolute atomic E-state index is 12.6. The molecule has 4 aromatic rings. The van der Waals surface area contributed by atoms with Gasteiger partial charge in [0, 0.05) is 40.1 Å². The molecule has 0 unspecified atom stereocenters. The number of aromatic nitrogens is 3. The molecule has 144 valence electrons. The zero-order chi connectivity index (χ0) is 20.4. The molecule has 0 aliphatic carbocycles. The molecular weight excluding hydrogens is 370 g/mol. The van der Waals surface area contributed by atoms with E-state index >= 15 is 0 Å². The Morgan fingerprint density at radius 1 is 1.00 bits per heavy atom. The lowest BCUT2D eigenvalue weighted by molar-refractivity contribution is 0.100. The minimum atomic E-state index is -0.559. The van der Waals surface area contributed by atoms with Crippen LogP contribution < -0.4 is 10.6 Å². The number of fused-ring (bicyclic) bond motifs is 1. The highest BCUT2D eigenvalue weighted by Crippen LogP contribution is 2.18. The number of rotatable bonds is 4. The summed E-state index contributed by atoms with van der Waals surface area (Å²) in [6.45, 7) is 1.95. The average Bonchev–Trinajstić information content (AvgIpc) is 3.07. The molecule has 2 amide bonds. The van der Waals surface area contributed by atoms with Crippen LogP contribution in [-0.4, -0.2) is 31.9 Å². The fourth-order valence-electron chi connectivity index (χ4n) is 2.92. The summed E-state index contributed by atoms with van der Waals surface area (Å²) in [4.78, 5) is 36.2. The number of aryl methyl sites for hydroxylation is 1. The second kappa shape index (κ2) is 7.43. The molecule has 0 saturated carbocycles. The third kappa shape index (κ3) is 4.06. The van der Waals surface area contributed by atoms with Gasteiger partial charge < -0.3 is 20.7 Å². The number of amides is 2. The van der Waals surface area contributed by atoms with Gasteiger partial charge >= 0.3 is 0 Å². The maximum atomic E-state index is 12.6. The van der Waals surface area contributed by atoms with Gasteiger partial charge in [0.05, 0.1) is 0 Å². The summed E-state index contributed by atoms with van der Waals surface area (Å²) in [5.74, 6) is -0.779. The zero-order valence-corrected chi connectivity index (χ0v) is 15.4. The van der Waals surface area contributed by atoms with Crippen LogP contribution in [-0.2, 0) is 0 Å². The fourth-order valence-corrected chi connectivity index (χ4v) is 2.92. The van der Waals surface area contributed by atoms with Gasteiger partial charge in [0.25, 0.3) is 11.8 Å². The van der Waals surface area contributed by atoms with E-state index in [0.717, 1.165) is 16.6 Å². The quantitative estimate of drug-likeness (QED) is 0.427. The van der Waals surface area contributed by atoms with E-state index in [4.69, 9.17) is 0 Å². The van der Waals surface area contributed by atoms with Crippen LogP contribution in [0.25, 0.3) is 10.9 Å². The standard InChI is InChI=1S/C21H17N5O3/c1-12-9-14-10-13(5-6-17(14)23-12)20(28)26-18-7-8-22-19(25-18)21(29)24-15-3-2-4-16(27)11-15/h2-11,23,27H,1H3,(H,24,29)(H,22,25,26,28). The summed E-state index contributed by atoms with van der Waals surface area (Å²) in [6.07, 6.45) is 1.39. The topological polar surface area (TPSA) is 120 Å². The Kier molecular flexibility index (Phi) is 4.66. The van der Waals surface area contributed by atoms with Crippen LogP contribution in [0.2, 0.25) is 0 Å². The number of aromatic amines is 1. The van der Waals surface area contributed by atoms with Gasteiger partial charge in [-0.05, 0) is 49.4 Å². The molecule has 2 heterocycles. The lowest BCUT2D eigenvalue weighted by Crippen LogP contribution is -2.18. The summed E-state index contributed by atoms with van der Waals surface area (Å²) >= 11 is 0. The first-order chi connectivity index (χ1) is 14.0. The van der Waals surface area contributed by atoms with Crippen molar-refractivity contribution in [2.45, 2.75) is 6.92 Å². The van der Waals surface area contributed by atoms with E-state index in [1.165, 1.54) is 24.4 Å². The largest absolute Gasteiger partial charge is 0.508 e. The Labute approximate surface area is 165 Å². The fraction of sp³-hybridized carbons (Fsp3) is 0.0476. The molecule has 4 rings (SSSR count). The third-order valence-electron chi connectivity index (χ3n) is 4.22. The third-order valence-corrected chi connectivity index (χ3v) is 4.22. The van der Waals surface area contributed by atoms with Gasteiger partial charge in [-0.3, -0.25) is 9.59 Å². The van der Waals surface area contributed by atoms with Crippen molar-refractivity contribution in [2.75, 3.05) is 10.6 Å². The number of carbonyl (C=O) groups is 2. The van der Waals surface area contributed by atoms with Crippen LogP contribution in [0.15, 0.2) is 60.8 Å².